The van der Waals surface area contributed by atoms with Crippen molar-refractivity contribution in [2.24, 2.45) is 5.92 Å². The first-order valence-corrected chi connectivity index (χ1v) is 10.1. The number of anilines is 1. The minimum atomic E-state index is -0.434. The van der Waals surface area contributed by atoms with Crippen LogP contribution in [0, 0.1) is 12.8 Å². The van der Waals surface area contributed by atoms with Crippen molar-refractivity contribution in [3.8, 4) is 0 Å². The molecule has 2 atom stereocenters. The molecule has 1 N–H and O–H groups in total. The molecule has 0 aliphatic carbocycles. The highest BCUT2D eigenvalue weighted by Crippen LogP contribution is 2.43. The van der Waals surface area contributed by atoms with Crippen LogP contribution < -0.4 is 10.2 Å². The molecule has 2 aromatic heterocycles. The number of nitrogens with zero attached hydrogens (tertiary/aromatic N) is 2. The molecule has 1 aromatic carbocycles. The van der Waals surface area contributed by atoms with E-state index in [0.717, 1.165) is 21.8 Å². The van der Waals surface area contributed by atoms with E-state index in [4.69, 9.17) is 0 Å². The Morgan fingerprint density at radius 2 is 2.00 bits per heavy atom. The molecule has 1 saturated heterocycles. The number of rotatable bonds is 5. The summed E-state index contributed by atoms with van der Waals surface area (Å²) in [5.74, 6) is -0.580. The van der Waals surface area contributed by atoms with E-state index < -0.39 is 5.92 Å². The standard InChI is InChI=1S/C22H21N3O2S/c1-15-7-9-17(10-8-15)25-20(26)13-18(21(25)19-6-4-12-28-19)22(27)24-14-16-5-2-3-11-23-16/h2-12,18,21H,13-14H2,1H3,(H,24,27)/t18-,21-/m0/s1. The van der Waals surface area contributed by atoms with Crippen LogP contribution in [0.25, 0.3) is 0 Å². The van der Waals surface area contributed by atoms with Crippen molar-refractivity contribution in [3.63, 3.8) is 0 Å². The predicted molar refractivity (Wildman–Crippen MR) is 110 cm³/mol. The highest BCUT2D eigenvalue weighted by molar-refractivity contribution is 7.10. The average Bonchev–Trinajstić information content (AvgIpc) is 3.35. The smallest absolute Gasteiger partial charge is 0.228 e. The Morgan fingerprint density at radius 3 is 2.68 bits per heavy atom. The topological polar surface area (TPSA) is 62.3 Å². The summed E-state index contributed by atoms with van der Waals surface area (Å²) in [5.41, 5.74) is 2.75. The van der Waals surface area contributed by atoms with Crippen molar-refractivity contribution in [1.29, 1.82) is 0 Å². The first kappa shape index (κ1) is 18.4. The van der Waals surface area contributed by atoms with Crippen molar-refractivity contribution in [3.05, 3.63) is 82.3 Å². The van der Waals surface area contributed by atoms with E-state index >= 15 is 0 Å². The van der Waals surface area contributed by atoms with Gasteiger partial charge in [0.05, 0.1) is 24.2 Å². The van der Waals surface area contributed by atoms with Gasteiger partial charge in [0.1, 0.15) is 0 Å². The molecule has 0 saturated carbocycles. The fraction of sp³-hybridized carbons (Fsp3) is 0.227. The number of carbonyl (C=O) groups is 2. The van der Waals surface area contributed by atoms with Crippen molar-refractivity contribution in [2.75, 3.05) is 4.90 Å². The van der Waals surface area contributed by atoms with Crippen LogP contribution in [-0.2, 0) is 16.1 Å². The summed E-state index contributed by atoms with van der Waals surface area (Å²) in [6, 6.07) is 17.1. The zero-order valence-electron chi connectivity index (χ0n) is 15.5. The normalized spacial score (nSPS) is 19.0. The molecular formula is C22H21N3O2S. The Kier molecular flexibility index (Phi) is 5.21. The minimum Gasteiger partial charge on any atom is -0.350 e. The van der Waals surface area contributed by atoms with Crippen LogP contribution in [-0.4, -0.2) is 16.8 Å². The number of amides is 2. The van der Waals surface area contributed by atoms with E-state index in [1.165, 1.54) is 0 Å². The summed E-state index contributed by atoms with van der Waals surface area (Å²) in [6.07, 6.45) is 1.90. The lowest BCUT2D eigenvalue weighted by Gasteiger charge is -2.27. The molecule has 3 aromatic rings. The van der Waals surface area contributed by atoms with Gasteiger partial charge in [-0.05, 0) is 42.6 Å². The van der Waals surface area contributed by atoms with Gasteiger partial charge in [-0.15, -0.1) is 11.3 Å². The van der Waals surface area contributed by atoms with Crippen LogP contribution in [0.1, 0.15) is 28.6 Å². The molecular weight excluding hydrogens is 370 g/mol. The van der Waals surface area contributed by atoms with Crippen molar-refractivity contribution in [2.45, 2.75) is 25.9 Å². The third kappa shape index (κ3) is 3.68. The van der Waals surface area contributed by atoms with Crippen LogP contribution in [0.4, 0.5) is 5.69 Å². The van der Waals surface area contributed by atoms with E-state index in [-0.39, 0.29) is 24.3 Å². The second kappa shape index (κ2) is 7.94. The van der Waals surface area contributed by atoms with Crippen LogP contribution in [0.2, 0.25) is 0 Å². The number of nitrogens with one attached hydrogen (secondary N) is 1. The van der Waals surface area contributed by atoms with Gasteiger partial charge in [0.25, 0.3) is 0 Å². The van der Waals surface area contributed by atoms with Gasteiger partial charge >= 0.3 is 0 Å². The molecule has 0 unspecified atom stereocenters. The summed E-state index contributed by atoms with van der Waals surface area (Å²) in [7, 11) is 0. The summed E-state index contributed by atoms with van der Waals surface area (Å²) in [5, 5.41) is 4.94. The Bertz CT molecular complexity index is 955. The summed E-state index contributed by atoms with van der Waals surface area (Å²) in [6.45, 7) is 2.37. The summed E-state index contributed by atoms with van der Waals surface area (Å²) >= 11 is 1.57. The number of aryl methyl sites for hydroxylation is 1. The molecule has 6 heteroatoms. The van der Waals surface area contributed by atoms with E-state index in [1.807, 2.05) is 66.9 Å². The number of carbonyl (C=O) groups excluding carboxylic acids is 2. The molecule has 5 nitrogen and oxygen atoms in total. The quantitative estimate of drug-likeness (QED) is 0.718. The Morgan fingerprint density at radius 1 is 1.18 bits per heavy atom. The molecule has 0 radical (unpaired) electrons. The molecule has 0 bridgehead atoms. The average molecular weight is 391 g/mol. The highest BCUT2D eigenvalue weighted by atomic mass is 32.1. The lowest BCUT2D eigenvalue weighted by atomic mass is 9.97. The Hall–Kier alpha value is -2.99. The van der Waals surface area contributed by atoms with Gasteiger partial charge in [0, 0.05) is 23.2 Å². The number of hydrogen-bond donors (Lipinski definition) is 1. The van der Waals surface area contributed by atoms with Gasteiger partial charge < -0.3 is 10.2 Å². The number of hydrogen-bond acceptors (Lipinski definition) is 4. The maximum absolute atomic E-state index is 13.0. The second-order valence-electron chi connectivity index (χ2n) is 6.91. The molecule has 142 valence electrons. The van der Waals surface area contributed by atoms with Gasteiger partial charge in [-0.1, -0.05) is 29.8 Å². The number of pyridine rings is 1. The number of thiophene rings is 1. The molecule has 1 aliphatic heterocycles. The maximum Gasteiger partial charge on any atom is 0.228 e. The van der Waals surface area contributed by atoms with Crippen LogP contribution in [0.3, 0.4) is 0 Å². The number of aromatic nitrogens is 1. The van der Waals surface area contributed by atoms with Crippen LogP contribution >= 0.6 is 11.3 Å². The van der Waals surface area contributed by atoms with E-state index in [9.17, 15) is 9.59 Å². The maximum atomic E-state index is 13.0. The van der Waals surface area contributed by atoms with Crippen molar-refractivity contribution < 1.29 is 9.59 Å². The first-order chi connectivity index (χ1) is 13.6. The molecule has 1 fully saturated rings. The SMILES string of the molecule is Cc1ccc(N2C(=O)C[C@H](C(=O)NCc3ccccn3)[C@H]2c2cccs2)cc1. The zero-order valence-corrected chi connectivity index (χ0v) is 16.4. The Labute approximate surface area is 168 Å². The van der Waals surface area contributed by atoms with E-state index in [0.29, 0.717) is 6.54 Å². The van der Waals surface area contributed by atoms with Gasteiger partial charge in [0.2, 0.25) is 11.8 Å². The summed E-state index contributed by atoms with van der Waals surface area (Å²) in [4.78, 5) is 32.9. The van der Waals surface area contributed by atoms with Gasteiger partial charge in [-0.2, -0.15) is 0 Å². The Balaban J connectivity index is 1.60. The predicted octanol–water partition coefficient (Wildman–Crippen LogP) is 3.86. The van der Waals surface area contributed by atoms with Crippen molar-refractivity contribution >= 4 is 28.8 Å². The fourth-order valence-corrected chi connectivity index (χ4v) is 4.46. The van der Waals surface area contributed by atoms with Crippen LogP contribution in [0.5, 0.6) is 0 Å². The third-order valence-corrected chi connectivity index (χ3v) is 5.92. The second-order valence-corrected chi connectivity index (χ2v) is 7.89. The molecule has 2 amide bonds. The largest absolute Gasteiger partial charge is 0.350 e. The third-order valence-electron chi connectivity index (χ3n) is 4.98. The zero-order chi connectivity index (χ0) is 19.5. The fourth-order valence-electron chi connectivity index (χ4n) is 3.58. The lowest BCUT2D eigenvalue weighted by Crippen LogP contribution is -2.35. The van der Waals surface area contributed by atoms with E-state index in [2.05, 4.69) is 10.3 Å². The van der Waals surface area contributed by atoms with Gasteiger partial charge in [-0.3, -0.25) is 14.6 Å². The van der Waals surface area contributed by atoms with Crippen LogP contribution in [0.15, 0.2) is 66.2 Å². The lowest BCUT2D eigenvalue weighted by molar-refractivity contribution is -0.127. The first-order valence-electron chi connectivity index (χ1n) is 9.23. The van der Waals surface area contributed by atoms with Crippen molar-refractivity contribution in [1.82, 2.24) is 10.3 Å². The molecule has 0 spiro atoms. The molecule has 28 heavy (non-hydrogen) atoms. The monoisotopic (exact) mass is 391 g/mol. The van der Waals surface area contributed by atoms with Gasteiger partial charge in [-0.25, -0.2) is 0 Å². The molecule has 3 heterocycles. The van der Waals surface area contributed by atoms with Gasteiger partial charge in [0.15, 0.2) is 0 Å². The molecule has 1 aliphatic rings. The van der Waals surface area contributed by atoms with E-state index in [1.54, 1.807) is 22.4 Å². The minimum absolute atomic E-state index is 0.0276. The molecule has 4 rings (SSSR count). The number of benzene rings is 1. The highest BCUT2D eigenvalue weighted by Gasteiger charge is 2.45. The summed E-state index contributed by atoms with van der Waals surface area (Å²) < 4.78 is 0.